The second-order valence-electron chi connectivity index (χ2n) is 3.26. The summed E-state index contributed by atoms with van der Waals surface area (Å²) in [5.74, 6) is -0.942. The normalized spacial score (nSPS) is 17.4. The number of carbonyl (C=O) groups is 1. The fraction of sp³-hybridized carbons (Fsp3) is 0.889. The molecule has 14 heavy (non-hydrogen) atoms. The van der Waals surface area contributed by atoms with E-state index < -0.39 is 22.7 Å². The largest absolute Gasteiger partial charge is 0.481 e. The van der Waals surface area contributed by atoms with Crippen molar-refractivity contribution >= 4 is 16.8 Å². The molecule has 0 bridgehead atoms. The topological polar surface area (TPSA) is 63.6 Å². The number of rotatable bonds is 7. The minimum absolute atomic E-state index is 0.302. The van der Waals surface area contributed by atoms with Gasteiger partial charge in [-0.3, -0.25) is 9.00 Å². The number of carboxylic acid groups (broad SMARTS) is 1. The van der Waals surface area contributed by atoms with Crippen molar-refractivity contribution in [2.75, 3.05) is 19.5 Å². The van der Waals surface area contributed by atoms with Gasteiger partial charge in [-0.1, -0.05) is 6.92 Å². The molecule has 0 aliphatic rings. The lowest BCUT2D eigenvalue weighted by Gasteiger charge is -2.15. The summed E-state index contributed by atoms with van der Waals surface area (Å²) in [5.41, 5.74) is 0. The molecule has 0 heterocycles. The van der Waals surface area contributed by atoms with Gasteiger partial charge in [-0.25, -0.2) is 0 Å². The van der Waals surface area contributed by atoms with Crippen molar-refractivity contribution in [3.8, 4) is 0 Å². The number of carboxylic acids is 1. The van der Waals surface area contributed by atoms with E-state index in [4.69, 9.17) is 9.84 Å². The molecule has 0 saturated carbocycles. The summed E-state index contributed by atoms with van der Waals surface area (Å²) in [6, 6.07) is 0. The quantitative estimate of drug-likeness (QED) is 0.649. The lowest BCUT2D eigenvalue weighted by atomic mass is 10.1. The van der Waals surface area contributed by atoms with Crippen molar-refractivity contribution in [1.29, 1.82) is 0 Å². The van der Waals surface area contributed by atoms with Gasteiger partial charge in [0.05, 0.1) is 5.92 Å². The molecule has 0 aromatic carbocycles. The molecule has 3 unspecified atom stereocenters. The summed E-state index contributed by atoms with van der Waals surface area (Å²) in [6.45, 7) is 3.86. The Hall–Kier alpha value is -0.420. The van der Waals surface area contributed by atoms with Crippen LogP contribution in [0, 0.1) is 5.92 Å². The number of methoxy groups -OCH3 is 1. The van der Waals surface area contributed by atoms with Crippen LogP contribution in [0.4, 0.5) is 0 Å². The molecular weight excluding hydrogens is 204 g/mol. The van der Waals surface area contributed by atoms with Crippen LogP contribution in [0.5, 0.6) is 0 Å². The van der Waals surface area contributed by atoms with Gasteiger partial charge in [-0.2, -0.15) is 0 Å². The second kappa shape index (κ2) is 6.95. The van der Waals surface area contributed by atoms with Gasteiger partial charge in [-0.15, -0.1) is 0 Å². The van der Waals surface area contributed by atoms with E-state index in [0.29, 0.717) is 18.8 Å². The molecule has 0 radical (unpaired) electrons. The fourth-order valence-electron chi connectivity index (χ4n) is 0.960. The van der Waals surface area contributed by atoms with Crippen molar-refractivity contribution in [2.45, 2.75) is 25.5 Å². The van der Waals surface area contributed by atoms with Gasteiger partial charge in [0.1, 0.15) is 0 Å². The van der Waals surface area contributed by atoms with Crippen LogP contribution >= 0.6 is 0 Å². The molecular formula is C9H18O4S. The number of hydrogen-bond acceptors (Lipinski definition) is 3. The minimum Gasteiger partial charge on any atom is -0.481 e. The predicted molar refractivity (Wildman–Crippen MR) is 55.8 cm³/mol. The highest BCUT2D eigenvalue weighted by Crippen LogP contribution is 2.10. The van der Waals surface area contributed by atoms with Crippen LogP contribution in [0.3, 0.4) is 0 Å². The standard InChI is InChI=1S/C9H18O4S/c1-7(9(10)11)8(2)14(12)6-4-5-13-3/h7-8H,4-6H2,1-3H3,(H,10,11). The van der Waals surface area contributed by atoms with E-state index in [9.17, 15) is 9.00 Å². The van der Waals surface area contributed by atoms with Crippen molar-refractivity contribution in [3.63, 3.8) is 0 Å². The molecule has 1 N–H and O–H groups in total. The molecule has 0 aliphatic heterocycles. The van der Waals surface area contributed by atoms with E-state index in [1.54, 1.807) is 21.0 Å². The van der Waals surface area contributed by atoms with E-state index in [1.807, 2.05) is 0 Å². The van der Waals surface area contributed by atoms with E-state index in [-0.39, 0.29) is 5.25 Å². The summed E-state index contributed by atoms with van der Waals surface area (Å²) < 4.78 is 16.4. The zero-order valence-electron chi connectivity index (χ0n) is 8.86. The average Bonchev–Trinajstić information content (AvgIpc) is 2.15. The molecule has 4 nitrogen and oxygen atoms in total. The summed E-state index contributed by atoms with van der Waals surface area (Å²) >= 11 is 0. The van der Waals surface area contributed by atoms with Crippen molar-refractivity contribution in [1.82, 2.24) is 0 Å². The highest BCUT2D eigenvalue weighted by molar-refractivity contribution is 7.85. The van der Waals surface area contributed by atoms with Gasteiger partial charge in [0.15, 0.2) is 0 Å². The lowest BCUT2D eigenvalue weighted by molar-refractivity contribution is -0.141. The van der Waals surface area contributed by atoms with E-state index in [1.165, 1.54) is 0 Å². The summed E-state index contributed by atoms with van der Waals surface area (Å²) in [7, 11) is 0.512. The summed E-state index contributed by atoms with van der Waals surface area (Å²) in [4.78, 5) is 10.6. The summed E-state index contributed by atoms with van der Waals surface area (Å²) in [5, 5.41) is 8.41. The molecule has 3 atom stereocenters. The number of aliphatic carboxylic acids is 1. The molecule has 0 saturated heterocycles. The Labute approximate surface area is 87.1 Å². The van der Waals surface area contributed by atoms with Crippen LogP contribution in [-0.2, 0) is 20.3 Å². The molecule has 0 amide bonds. The first-order chi connectivity index (χ1) is 6.50. The van der Waals surface area contributed by atoms with Crippen LogP contribution < -0.4 is 0 Å². The molecule has 0 aliphatic carbocycles. The highest BCUT2D eigenvalue weighted by Gasteiger charge is 2.23. The van der Waals surface area contributed by atoms with Crippen molar-refractivity contribution in [2.24, 2.45) is 5.92 Å². The van der Waals surface area contributed by atoms with Gasteiger partial charge in [0.25, 0.3) is 0 Å². The van der Waals surface area contributed by atoms with Gasteiger partial charge >= 0.3 is 5.97 Å². The zero-order valence-corrected chi connectivity index (χ0v) is 9.67. The molecule has 0 spiro atoms. The van der Waals surface area contributed by atoms with Crippen LogP contribution in [0.1, 0.15) is 20.3 Å². The molecule has 0 fully saturated rings. The SMILES string of the molecule is COCCCS(=O)C(C)C(C)C(=O)O. The highest BCUT2D eigenvalue weighted by atomic mass is 32.2. The summed E-state index contributed by atoms with van der Waals surface area (Å²) in [6.07, 6.45) is 0.708. The molecule has 0 aromatic rings. The first-order valence-electron chi connectivity index (χ1n) is 4.59. The van der Waals surface area contributed by atoms with Crippen LogP contribution in [0.25, 0.3) is 0 Å². The maximum Gasteiger partial charge on any atom is 0.307 e. The third kappa shape index (κ3) is 4.72. The Balaban J connectivity index is 3.92. The Morgan fingerprint density at radius 1 is 1.50 bits per heavy atom. The van der Waals surface area contributed by atoms with Crippen molar-refractivity contribution < 1.29 is 18.8 Å². The Morgan fingerprint density at radius 3 is 2.50 bits per heavy atom. The predicted octanol–water partition coefficient (Wildman–Crippen LogP) is 0.881. The number of hydrogen-bond donors (Lipinski definition) is 1. The fourth-order valence-corrected chi connectivity index (χ4v) is 2.31. The monoisotopic (exact) mass is 222 g/mol. The Kier molecular flexibility index (Phi) is 6.74. The Morgan fingerprint density at radius 2 is 2.07 bits per heavy atom. The Bertz CT molecular complexity index is 205. The maximum atomic E-state index is 11.6. The van der Waals surface area contributed by atoms with Crippen LogP contribution in [-0.4, -0.2) is 40.0 Å². The molecule has 84 valence electrons. The lowest BCUT2D eigenvalue weighted by Crippen LogP contribution is -2.28. The first kappa shape index (κ1) is 13.6. The molecule has 0 rings (SSSR count). The van der Waals surface area contributed by atoms with E-state index >= 15 is 0 Å². The average molecular weight is 222 g/mol. The van der Waals surface area contributed by atoms with Crippen LogP contribution in [0.2, 0.25) is 0 Å². The van der Waals surface area contributed by atoms with Crippen LogP contribution in [0.15, 0.2) is 0 Å². The maximum absolute atomic E-state index is 11.6. The zero-order chi connectivity index (χ0) is 11.1. The minimum atomic E-state index is -1.08. The van der Waals surface area contributed by atoms with Gasteiger partial charge < -0.3 is 9.84 Å². The van der Waals surface area contributed by atoms with E-state index in [2.05, 4.69) is 0 Å². The number of ether oxygens (including phenoxy) is 1. The first-order valence-corrected chi connectivity index (χ1v) is 5.97. The molecule has 0 aromatic heterocycles. The van der Waals surface area contributed by atoms with Gasteiger partial charge in [0.2, 0.25) is 0 Å². The van der Waals surface area contributed by atoms with Gasteiger partial charge in [-0.05, 0) is 13.3 Å². The van der Waals surface area contributed by atoms with E-state index in [0.717, 1.165) is 0 Å². The van der Waals surface area contributed by atoms with Crippen molar-refractivity contribution in [3.05, 3.63) is 0 Å². The third-order valence-corrected chi connectivity index (χ3v) is 4.13. The third-order valence-electron chi connectivity index (χ3n) is 2.20. The second-order valence-corrected chi connectivity index (χ2v) is 5.18. The smallest absolute Gasteiger partial charge is 0.307 e. The molecule has 5 heteroatoms. The van der Waals surface area contributed by atoms with Gasteiger partial charge in [0, 0.05) is 35.5 Å².